The highest BCUT2D eigenvalue weighted by Gasteiger charge is 2.30. The molecule has 1 aromatic heterocycles. The molecule has 0 radical (unpaired) electrons. The zero-order chi connectivity index (χ0) is 24.3. The minimum Gasteiger partial charge on any atom is -0.486 e. The molecule has 4 nitrogen and oxygen atoms in total. The third kappa shape index (κ3) is 5.03. The fraction of sp³-hybridized carbons (Fsp3) is 0.185. The van der Waals surface area contributed by atoms with E-state index in [4.69, 9.17) is 9.47 Å². The number of benzene rings is 3. The van der Waals surface area contributed by atoms with Crippen LogP contribution < -0.4 is 4.74 Å². The van der Waals surface area contributed by atoms with Crippen molar-refractivity contribution < 1.29 is 27.4 Å². The van der Waals surface area contributed by atoms with Gasteiger partial charge in [-0.1, -0.05) is 54.6 Å². The van der Waals surface area contributed by atoms with Crippen LogP contribution in [0.4, 0.5) is 13.2 Å². The molecular formula is C27H22F3NO3. The van der Waals surface area contributed by atoms with Crippen LogP contribution >= 0.6 is 0 Å². The van der Waals surface area contributed by atoms with Crippen molar-refractivity contribution in [2.75, 3.05) is 7.11 Å². The number of nitrogens with zero attached hydrogens (tertiary/aromatic N) is 1. The summed E-state index contributed by atoms with van der Waals surface area (Å²) in [4.78, 5) is 16.8. The third-order valence-electron chi connectivity index (χ3n) is 5.51. The van der Waals surface area contributed by atoms with Gasteiger partial charge in [-0.05, 0) is 48.2 Å². The van der Waals surface area contributed by atoms with E-state index in [9.17, 15) is 18.0 Å². The average Bonchev–Trinajstić information content (AvgIpc) is 2.83. The highest BCUT2D eigenvalue weighted by molar-refractivity contribution is 6.00. The van der Waals surface area contributed by atoms with Crippen LogP contribution in [0.2, 0.25) is 0 Å². The van der Waals surface area contributed by atoms with Crippen molar-refractivity contribution >= 4 is 16.7 Å². The van der Waals surface area contributed by atoms with Gasteiger partial charge in [0.25, 0.3) is 0 Å². The molecule has 34 heavy (non-hydrogen) atoms. The molecule has 4 aromatic rings. The first kappa shape index (κ1) is 23.3. The van der Waals surface area contributed by atoms with E-state index in [-0.39, 0.29) is 12.3 Å². The van der Waals surface area contributed by atoms with Crippen LogP contribution in [-0.4, -0.2) is 18.1 Å². The fourth-order valence-electron chi connectivity index (χ4n) is 3.76. The molecule has 3 aromatic carbocycles. The van der Waals surface area contributed by atoms with Gasteiger partial charge in [-0.15, -0.1) is 0 Å². The highest BCUT2D eigenvalue weighted by atomic mass is 19.4. The lowest BCUT2D eigenvalue weighted by Gasteiger charge is -2.15. The van der Waals surface area contributed by atoms with Crippen molar-refractivity contribution in [3.63, 3.8) is 0 Å². The number of alkyl halides is 3. The molecule has 0 amide bonds. The number of pyridine rings is 1. The van der Waals surface area contributed by atoms with E-state index in [1.165, 1.54) is 19.2 Å². The Labute approximate surface area is 195 Å². The maximum absolute atomic E-state index is 12.8. The number of methoxy groups -OCH3 is 1. The van der Waals surface area contributed by atoms with Gasteiger partial charge in [0.05, 0.1) is 12.7 Å². The summed E-state index contributed by atoms with van der Waals surface area (Å²) in [5.41, 5.74) is 2.63. The molecular weight excluding hydrogens is 443 g/mol. The molecule has 0 saturated carbocycles. The molecule has 0 fully saturated rings. The van der Waals surface area contributed by atoms with Gasteiger partial charge in [0.15, 0.2) is 11.4 Å². The number of carbonyl (C=O) groups excluding carboxylic acids is 1. The maximum Gasteiger partial charge on any atom is 0.416 e. The molecule has 0 saturated heterocycles. The van der Waals surface area contributed by atoms with Gasteiger partial charge in [-0.3, -0.25) is 0 Å². The Morgan fingerprint density at radius 3 is 2.21 bits per heavy atom. The Morgan fingerprint density at radius 1 is 0.882 bits per heavy atom. The van der Waals surface area contributed by atoms with E-state index < -0.39 is 17.7 Å². The van der Waals surface area contributed by atoms with Crippen molar-refractivity contribution in [1.29, 1.82) is 0 Å². The normalized spacial score (nSPS) is 11.4. The Bertz CT molecular complexity index is 1320. The van der Waals surface area contributed by atoms with Gasteiger partial charge in [0, 0.05) is 16.5 Å². The monoisotopic (exact) mass is 465 g/mol. The molecule has 0 unspecified atom stereocenters. The summed E-state index contributed by atoms with van der Waals surface area (Å²) in [5, 5.41) is 1.50. The molecule has 0 bridgehead atoms. The Balaban J connectivity index is 1.69. The quantitative estimate of drug-likeness (QED) is 0.304. The molecule has 0 N–H and O–H groups in total. The van der Waals surface area contributed by atoms with Gasteiger partial charge in [-0.25, -0.2) is 9.78 Å². The smallest absolute Gasteiger partial charge is 0.416 e. The Hall–Kier alpha value is -3.87. The number of aromatic nitrogens is 1. The van der Waals surface area contributed by atoms with Crippen molar-refractivity contribution in [2.45, 2.75) is 26.1 Å². The maximum atomic E-state index is 12.8. The molecule has 1 heterocycles. The predicted molar refractivity (Wildman–Crippen MR) is 123 cm³/mol. The summed E-state index contributed by atoms with van der Waals surface area (Å²) < 4.78 is 49.5. The van der Waals surface area contributed by atoms with E-state index in [1.807, 2.05) is 48.5 Å². The zero-order valence-electron chi connectivity index (χ0n) is 18.6. The predicted octanol–water partition coefficient (Wildman–Crippen LogP) is 6.52. The van der Waals surface area contributed by atoms with Crippen LogP contribution in [0, 0.1) is 6.92 Å². The average molecular weight is 465 g/mol. The Morgan fingerprint density at radius 2 is 1.56 bits per heavy atom. The number of aryl methyl sites for hydroxylation is 1. The fourth-order valence-corrected chi connectivity index (χ4v) is 3.76. The number of carbonyl (C=O) groups is 1. The summed E-state index contributed by atoms with van der Waals surface area (Å²) in [6.07, 6.45) is -3.91. The van der Waals surface area contributed by atoms with Crippen LogP contribution in [0.5, 0.6) is 5.75 Å². The molecule has 0 aliphatic heterocycles. The molecule has 0 atom stereocenters. The third-order valence-corrected chi connectivity index (χ3v) is 5.51. The van der Waals surface area contributed by atoms with Gasteiger partial charge < -0.3 is 9.47 Å². The standard InChI is InChI=1S/C27H22F3NO3/c1-17-23-15-20(14-18-8-11-21(12-9-18)27(28,29)30)10-13-22(23)25(24(31-17)26(32)33-2)34-16-19-6-4-3-5-7-19/h3-13,15H,14,16H2,1-2H3. The molecule has 0 spiro atoms. The van der Waals surface area contributed by atoms with Gasteiger partial charge in [0.2, 0.25) is 0 Å². The summed E-state index contributed by atoms with van der Waals surface area (Å²) in [6, 6.07) is 20.3. The first-order valence-corrected chi connectivity index (χ1v) is 10.6. The molecule has 4 rings (SSSR count). The van der Waals surface area contributed by atoms with E-state index >= 15 is 0 Å². The van der Waals surface area contributed by atoms with E-state index in [1.54, 1.807) is 6.92 Å². The lowest BCUT2D eigenvalue weighted by molar-refractivity contribution is -0.137. The number of esters is 1. The van der Waals surface area contributed by atoms with Crippen molar-refractivity contribution in [3.05, 3.63) is 106 Å². The lowest BCUT2D eigenvalue weighted by Crippen LogP contribution is -2.10. The van der Waals surface area contributed by atoms with Crippen LogP contribution in [-0.2, 0) is 23.9 Å². The van der Waals surface area contributed by atoms with E-state index in [0.29, 0.717) is 23.3 Å². The van der Waals surface area contributed by atoms with Crippen molar-refractivity contribution in [1.82, 2.24) is 4.98 Å². The summed E-state index contributed by atoms with van der Waals surface area (Å²) in [5.74, 6) is -0.265. The second-order valence-corrected chi connectivity index (χ2v) is 7.89. The molecule has 0 aliphatic rings. The number of fused-ring (bicyclic) bond motifs is 1. The van der Waals surface area contributed by atoms with Crippen molar-refractivity contribution in [2.24, 2.45) is 0 Å². The Kier molecular flexibility index (Phi) is 6.54. The van der Waals surface area contributed by atoms with Gasteiger partial charge >= 0.3 is 12.1 Å². The second kappa shape index (κ2) is 9.55. The first-order chi connectivity index (χ1) is 16.3. The number of hydrogen-bond acceptors (Lipinski definition) is 4. The van der Waals surface area contributed by atoms with E-state index in [0.717, 1.165) is 34.2 Å². The largest absolute Gasteiger partial charge is 0.486 e. The molecule has 7 heteroatoms. The molecule has 174 valence electrons. The first-order valence-electron chi connectivity index (χ1n) is 10.6. The van der Waals surface area contributed by atoms with Crippen molar-refractivity contribution in [3.8, 4) is 5.75 Å². The molecule has 0 aliphatic carbocycles. The number of halogens is 3. The summed E-state index contributed by atoms with van der Waals surface area (Å²) in [6.45, 7) is 2.04. The minimum atomic E-state index is -4.36. The topological polar surface area (TPSA) is 48.4 Å². The van der Waals surface area contributed by atoms with E-state index in [2.05, 4.69) is 4.98 Å². The van der Waals surface area contributed by atoms with Crippen LogP contribution in [0.15, 0.2) is 72.8 Å². The van der Waals surface area contributed by atoms with Crippen LogP contribution in [0.3, 0.4) is 0 Å². The van der Waals surface area contributed by atoms with Gasteiger partial charge in [-0.2, -0.15) is 13.2 Å². The van der Waals surface area contributed by atoms with Gasteiger partial charge in [0.1, 0.15) is 6.61 Å². The number of ether oxygens (including phenoxy) is 2. The minimum absolute atomic E-state index is 0.0962. The SMILES string of the molecule is COC(=O)c1nc(C)c2cc(Cc3ccc(C(F)(F)F)cc3)ccc2c1OCc1ccccc1. The second-order valence-electron chi connectivity index (χ2n) is 7.89. The lowest BCUT2D eigenvalue weighted by atomic mass is 9.99. The zero-order valence-corrected chi connectivity index (χ0v) is 18.6. The van der Waals surface area contributed by atoms with Crippen LogP contribution in [0.1, 0.15) is 38.4 Å². The highest BCUT2D eigenvalue weighted by Crippen LogP contribution is 2.33. The number of hydrogen-bond donors (Lipinski definition) is 0. The summed E-state index contributed by atoms with van der Waals surface area (Å²) >= 11 is 0. The number of rotatable bonds is 6. The van der Waals surface area contributed by atoms with Crippen LogP contribution in [0.25, 0.3) is 10.8 Å². The summed E-state index contributed by atoms with van der Waals surface area (Å²) in [7, 11) is 1.29.